The minimum absolute atomic E-state index is 0.0914. The molecule has 1 rings (SSSR count). The van der Waals surface area contributed by atoms with Crippen molar-refractivity contribution in [2.24, 2.45) is 11.7 Å². The van der Waals surface area contributed by atoms with Gasteiger partial charge in [0, 0.05) is 19.6 Å². The zero-order valence-electron chi connectivity index (χ0n) is 11.5. The van der Waals surface area contributed by atoms with Crippen LogP contribution in [0.1, 0.15) is 30.8 Å². The Morgan fingerprint density at radius 3 is 2.67 bits per heavy atom. The van der Waals surface area contributed by atoms with Gasteiger partial charge in [-0.2, -0.15) is 0 Å². The van der Waals surface area contributed by atoms with E-state index in [2.05, 4.69) is 13.8 Å². The highest BCUT2D eigenvalue weighted by Crippen LogP contribution is 2.19. The Morgan fingerprint density at radius 1 is 1.50 bits per heavy atom. The maximum atomic E-state index is 12.0. The molecule has 1 amide bonds. The molecule has 0 spiro atoms. The topological polar surface area (TPSA) is 59.5 Å². The van der Waals surface area contributed by atoms with E-state index in [4.69, 9.17) is 10.2 Å². The molecule has 1 aromatic heterocycles. The third-order valence-electron chi connectivity index (χ3n) is 2.99. The summed E-state index contributed by atoms with van der Waals surface area (Å²) in [6.45, 7) is 4.82. The van der Waals surface area contributed by atoms with Crippen LogP contribution in [0.3, 0.4) is 0 Å². The molecular weight excluding hydrogens is 248 g/mol. The summed E-state index contributed by atoms with van der Waals surface area (Å²) in [5.74, 6) is 0.728. The van der Waals surface area contributed by atoms with Gasteiger partial charge in [0.15, 0.2) is 10.9 Å². The van der Waals surface area contributed by atoms with E-state index in [9.17, 15) is 4.79 Å². The smallest absolute Gasteiger partial charge is 0.289 e. The monoisotopic (exact) mass is 270 g/mol. The number of hydrogen-bond donors (Lipinski definition) is 1. The maximum absolute atomic E-state index is 12.0. The zero-order valence-corrected chi connectivity index (χ0v) is 12.3. The van der Waals surface area contributed by atoms with Crippen molar-refractivity contribution in [3.8, 4) is 0 Å². The first-order valence-corrected chi connectivity index (χ1v) is 7.33. The van der Waals surface area contributed by atoms with E-state index in [1.54, 1.807) is 18.0 Å². The molecule has 0 saturated heterocycles. The lowest BCUT2D eigenvalue weighted by Gasteiger charge is -2.20. The quantitative estimate of drug-likeness (QED) is 0.807. The third-order valence-corrected chi connectivity index (χ3v) is 3.62. The largest absolute Gasteiger partial charge is 0.445 e. The number of carbonyl (C=O) groups excluding carboxylic acids is 1. The van der Waals surface area contributed by atoms with Crippen LogP contribution in [0.5, 0.6) is 0 Å². The van der Waals surface area contributed by atoms with Gasteiger partial charge >= 0.3 is 0 Å². The van der Waals surface area contributed by atoms with Crippen molar-refractivity contribution in [3.05, 3.63) is 17.9 Å². The molecule has 0 bridgehead atoms. The normalized spacial score (nSPS) is 12.8. The van der Waals surface area contributed by atoms with Crippen LogP contribution in [0.15, 0.2) is 21.6 Å². The fourth-order valence-electron chi connectivity index (χ4n) is 1.51. The molecule has 4 nitrogen and oxygen atoms in total. The molecule has 0 aliphatic heterocycles. The summed E-state index contributed by atoms with van der Waals surface area (Å²) in [6.07, 6.45) is 2.72. The highest BCUT2D eigenvalue weighted by atomic mass is 32.2. The summed E-state index contributed by atoms with van der Waals surface area (Å²) in [4.78, 5) is 13.7. The highest BCUT2D eigenvalue weighted by molar-refractivity contribution is 7.98. The van der Waals surface area contributed by atoms with Crippen molar-refractivity contribution in [1.29, 1.82) is 0 Å². The number of hydrogen-bond acceptors (Lipinski definition) is 4. The molecule has 0 aromatic carbocycles. The van der Waals surface area contributed by atoms with Gasteiger partial charge in [-0.3, -0.25) is 4.79 Å². The van der Waals surface area contributed by atoms with Gasteiger partial charge < -0.3 is 15.1 Å². The molecule has 0 radical (unpaired) electrons. The first kappa shape index (κ1) is 15.1. The van der Waals surface area contributed by atoms with Crippen molar-refractivity contribution in [3.63, 3.8) is 0 Å². The Balaban J connectivity index is 2.51. The molecule has 1 unspecified atom stereocenters. The number of rotatable bonds is 6. The van der Waals surface area contributed by atoms with Crippen LogP contribution in [-0.2, 0) is 0 Å². The summed E-state index contributed by atoms with van der Waals surface area (Å²) in [5.41, 5.74) is 5.96. The lowest BCUT2D eigenvalue weighted by atomic mass is 10.0. The fourth-order valence-corrected chi connectivity index (χ4v) is 1.89. The molecule has 18 heavy (non-hydrogen) atoms. The number of amides is 1. The van der Waals surface area contributed by atoms with Gasteiger partial charge in [0.1, 0.15) is 0 Å². The van der Waals surface area contributed by atoms with Crippen LogP contribution in [0, 0.1) is 5.92 Å². The predicted octanol–water partition coefficient (Wildman–Crippen LogP) is 2.45. The van der Waals surface area contributed by atoms with Crippen molar-refractivity contribution in [2.75, 3.05) is 19.8 Å². The van der Waals surface area contributed by atoms with Gasteiger partial charge in [0.05, 0.1) is 0 Å². The fraction of sp³-hybridized carbons (Fsp3) is 0.615. The molecule has 1 aromatic rings. The van der Waals surface area contributed by atoms with Gasteiger partial charge in [-0.1, -0.05) is 25.6 Å². The second kappa shape index (κ2) is 6.85. The molecular formula is C13H22N2O2S. The average Bonchev–Trinajstić information content (AvgIpc) is 2.82. The Kier molecular flexibility index (Phi) is 5.75. The second-order valence-corrected chi connectivity index (χ2v) is 5.56. The molecule has 0 aliphatic rings. The number of furan rings is 1. The van der Waals surface area contributed by atoms with Crippen LogP contribution in [0.25, 0.3) is 0 Å². The number of nitrogens with two attached hydrogens (primary N) is 1. The molecule has 1 heterocycles. The first-order chi connectivity index (χ1) is 8.45. The summed E-state index contributed by atoms with van der Waals surface area (Å²) >= 11 is 1.48. The standard InChI is InChI=1S/C13H22N2O2S/c1-9(2)10(14)7-8-15(3)13(16)11-5-6-12(17-11)18-4/h5-6,9-10H,7-8,14H2,1-4H3. The van der Waals surface area contributed by atoms with Crippen LogP contribution < -0.4 is 5.73 Å². The van der Waals surface area contributed by atoms with E-state index in [-0.39, 0.29) is 11.9 Å². The van der Waals surface area contributed by atoms with Crippen LogP contribution in [0.4, 0.5) is 0 Å². The Bertz CT molecular complexity index is 390. The first-order valence-electron chi connectivity index (χ1n) is 6.10. The van der Waals surface area contributed by atoms with E-state index < -0.39 is 0 Å². The summed E-state index contributed by atoms with van der Waals surface area (Å²) < 4.78 is 5.41. The molecule has 0 fully saturated rings. The van der Waals surface area contributed by atoms with E-state index in [1.807, 2.05) is 12.3 Å². The van der Waals surface area contributed by atoms with Crippen LogP contribution >= 0.6 is 11.8 Å². The maximum Gasteiger partial charge on any atom is 0.289 e. The summed E-state index contributed by atoms with van der Waals surface area (Å²) in [5, 5.41) is 0.755. The lowest BCUT2D eigenvalue weighted by Crippen LogP contribution is -2.34. The van der Waals surface area contributed by atoms with E-state index >= 15 is 0 Å². The molecule has 1 atom stereocenters. The van der Waals surface area contributed by atoms with Gasteiger partial charge in [-0.15, -0.1) is 0 Å². The van der Waals surface area contributed by atoms with Gasteiger partial charge in [-0.05, 0) is 30.7 Å². The lowest BCUT2D eigenvalue weighted by molar-refractivity contribution is 0.0752. The highest BCUT2D eigenvalue weighted by Gasteiger charge is 2.17. The van der Waals surface area contributed by atoms with E-state index in [0.717, 1.165) is 11.5 Å². The van der Waals surface area contributed by atoms with Crippen molar-refractivity contribution >= 4 is 17.7 Å². The SMILES string of the molecule is CSc1ccc(C(=O)N(C)CCC(N)C(C)C)o1. The molecule has 5 heteroatoms. The van der Waals surface area contributed by atoms with Crippen molar-refractivity contribution < 1.29 is 9.21 Å². The Morgan fingerprint density at radius 2 is 2.17 bits per heavy atom. The third kappa shape index (κ3) is 4.07. The molecule has 102 valence electrons. The number of thioether (sulfide) groups is 1. The van der Waals surface area contributed by atoms with Crippen molar-refractivity contribution in [1.82, 2.24) is 4.90 Å². The minimum Gasteiger partial charge on any atom is -0.445 e. The average molecular weight is 270 g/mol. The number of carbonyl (C=O) groups is 1. The number of nitrogens with zero attached hydrogens (tertiary/aromatic N) is 1. The summed E-state index contributed by atoms with van der Waals surface area (Å²) in [7, 11) is 1.77. The van der Waals surface area contributed by atoms with Crippen molar-refractivity contribution in [2.45, 2.75) is 31.4 Å². The van der Waals surface area contributed by atoms with Gasteiger partial charge in [0.25, 0.3) is 5.91 Å². The van der Waals surface area contributed by atoms with E-state index in [0.29, 0.717) is 18.2 Å². The Labute approximate surface area is 113 Å². The van der Waals surface area contributed by atoms with E-state index in [1.165, 1.54) is 11.8 Å². The zero-order chi connectivity index (χ0) is 13.7. The van der Waals surface area contributed by atoms with Gasteiger partial charge in [0.2, 0.25) is 0 Å². The molecule has 0 aliphatic carbocycles. The van der Waals surface area contributed by atoms with Gasteiger partial charge in [-0.25, -0.2) is 0 Å². The Hall–Kier alpha value is -0.940. The predicted molar refractivity (Wildman–Crippen MR) is 74.9 cm³/mol. The van der Waals surface area contributed by atoms with Crippen LogP contribution in [0.2, 0.25) is 0 Å². The second-order valence-electron chi connectivity index (χ2n) is 4.75. The molecule has 2 N–H and O–H groups in total. The molecule has 0 saturated carbocycles. The summed E-state index contributed by atoms with van der Waals surface area (Å²) in [6, 6.07) is 3.65. The minimum atomic E-state index is -0.0914. The van der Waals surface area contributed by atoms with Crippen LogP contribution in [-0.4, -0.2) is 36.7 Å².